The maximum Gasteiger partial charge on any atom is 1.00 e. The molecule has 48 heavy (non-hydrogen) atoms. The minimum Gasteiger partial charge on any atom is -0.550 e. The number of nitriles is 1. The first-order valence-electron chi connectivity index (χ1n) is 15.0. The third-order valence-electron chi connectivity index (χ3n) is 6.10. The van der Waals surface area contributed by atoms with Gasteiger partial charge in [0.1, 0.15) is 17.6 Å². The van der Waals surface area contributed by atoms with Gasteiger partial charge < -0.3 is 25.2 Å². The van der Waals surface area contributed by atoms with E-state index < -0.39 is 11.9 Å². The van der Waals surface area contributed by atoms with E-state index in [1.54, 1.807) is 12.1 Å². The van der Waals surface area contributed by atoms with E-state index in [2.05, 4.69) is 47.6 Å². The third-order valence-corrected chi connectivity index (χ3v) is 6.10. The topological polar surface area (TPSA) is 202 Å². The molecule has 0 aliphatic carbocycles. The summed E-state index contributed by atoms with van der Waals surface area (Å²) in [7, 11) is 0. The molecule has 12 heteroatoms. The van der Waals surface area contributed by atoms with Crippen molar-refractivity contribution in [3.63, 3.8) is 0 Å². The van der Waals surface area contributed by atoms with Crippen molar-refractivity contribution in [3.8, 4) is 17.6 Å². The molecule has 0 bridgehead atoms. The maximum absolute atomic E-state index is 11.0. The van der Waals surface area contributed by atoms with E-state index in [4.69, 9.17) is 25.1 Å². The van der Waals surface area contributed by atoms with Crippen molar-refractivity contribution in [2.24, 2.45) is 0 Å². The van der Waals surface area contributed by atoms with E-state index in [1.807, 2.05) is 53.7 Å². The van der Waals surface area contributed by atoms with Gasteiger partial charge in [0.15, 0.2) is 6.29 Å². The number of benzene rings is 2. The van der Waals surface area contributed by atoms with Gasteiger partial charge in [-0.3, -0.25) is 19.7 Å². The zero-order valence-electron chi connectivity index (χ0n) is 31.8. The Kier molecular flexibility index (Phi) is 23.0. The number of nitro groups is 1. The number of aromatic hydroxyl groups is 2. The van der Waals surface area contributed by atoms with Crippen LogP contribution < -0.4 is 34.7 Å². The number of hydrogen-bond acceptors (Lipinski definition) is 9. The summed E-state index contributed by atoms with van der Waals surface area (Å²) in [4.78, 5) is 37.7. The summed E-state index contributed by atoms with van der Waals surface area (Å²) in [6.07, 6.45) is 0.722. The smallest absolute Gasteiger partial charge is 0.550 e. The van der Waals surface area contributed by atoms with Crippen LogP contribution in [0.4, 0.5) is 0 Å². The molecule has 0 aromatic heterocycles. The molecule has 264 valence electrons. The average Bonchev–Trinajstić information content (AvgIpc) is 2.86. The van der Waals surface area contributed by atoms with Gasteiger partial charge in [0.2, 0.25) is 6.54 Å². The van der Waals surface area contributed by atoms with E-state index in [-0.39, 0.29) is 74.2 Å². The minimum absolute atomic E-state index is 0. The maximum atomic E-state index is 11.0. The average molecular weight is 683 g/mol. The number of nitrogens with zero attached hydrogens (tertiary/aromatic N) is 2. The van der Waals surface area contributed by atoms with E-state index >= 15 is 0 Å². The number of phenolic OH excluding ortho intramolecular Hbond substituents is 2. The molecule has 2 aromatic carbocycles. The number of carboxylic acid groups (broad SMARTS) is 2. The van der Waals surface area contributed by atoms with Gasteiger partial charge in [-0.2, -0.15) is 5.26 Å². The van der Waals surface area contributed by atoms with Crippen molar-refractivity contribution < 1.29 is 69.3 Å². The minimum atomic E-state index is -1.08. The SMILES string of the molecule is CC(=O)O.CC(=O)[O-].CC(C)(C)c1cc(C#N)c(O)c(C(C)(C)C)c1.CC(C)(C)c1cc(C=O)c(O)c(C(C)(C)C)c1.CC[N+](=O)[O-].[Na+]. The van der Waals surface area contributed by atoms with Crippen LogP contribution in [0.3, 0.4) is 0 Å². The van der Waals surface area contributed by atoms with Crippen molar-refractivity contribution >= 4 is 18.2 Å². The molecule has 0 radical (unpaired) electrons. The van der Waals surface area contributed by atoms with Crippen molar-refractivity contribution in [3.05, 3.63) is 67.8 Å². The first-order valence-corrected chi connectivity index (χ1v) is 15.0. The van der Waals surface area contributed by atoms with Crippen LogP contribution in [0, 0.1) is 21.4 Å². The fraction of sp³-hybridized carbons (Fsp3) is 0.556. The van der Waals surface area contributed by atoms with Crippen LogP contribution in [-0.2, 0) is 31.2 Å². The van der Waals surface area contributed by atoms with Crippen LogP contribution >= 0.6 is 0 Å². The van der Waals surface area contributed by atoms with Crippen LogP contribution in [0.25, 0.3) is 0 Å². The molecule has 0 saturated carbocycles. The molecule has 0 amide bonds. The predicted octanol–water partition coefficient (Wildman–Crippen LogP) is 3.79. The molecule has 0 heterocycles. The van der Waals surface area contributed by atoms with Gasteiger partial charge in [-0.1, -0.05) is 95.2 Å². The normalized spacial score (nSPS) is 10.6. The summed E-state index contributed by atoms with van der Waals surface area (Å²) < 4.78 is 0. The van der Waals surface area contributed by atoms with Crippen LogP contribution in [0.1, 0.15) is 142 Å². The van der Waals surface area contributed by atoms with Gasteiger partial charge in [0.05, 0.1) is 11.1 Å². The van der Waals surface area contributed by atoms with Crippen LogP contribution in [0.2, 0.25) is 0 Å². The molecule has 2 rings (SSSR count). The van der Waals surface area contributed by atoms with Crippen molar-refractivity contribution in [1.29, 1.82) is 5.26 Å². The second-order valence-corrected chi connectivity index (χ2v) is 14.8. The molecule has 0 spiro atoms. The molecule has 0 unspecified atom stereocenters. The summed E-state index contributed by atoms with van der Waals surface area (Å²) >= 11 is 0. The summed E-state index contributed by atoms with van der Waals surface area (Å²) in [6.45, 7) is 28.4. The first kappa shape index (κ1) is 51.4. The first-order chi connectivity index (χ1) is 20.9. The monoisotopic (exact) mass is 682 g/mol. The van der Waals surface area contributed by atoms with Gasteiger partial charge in [-0.05, 0) is 51.8 Å². The quantitative estimate of drug-likeness (QED) is 0.181. The Morgan fingerprint density at radius 2 is 1.08 bits per heavy atom. The van der Waals surface area contributed by atoms with E-state index in [0.717, 1.165) is 42.4 Å². The van der Waals surface area contributed by atoms with Crippen molar-refractivity contribution in [2.45, 2.75) is 126 Å². The molecule has 0 atom stereocenters. The largest absolute Gasteiger partial charge is 1.00 e. The number of aldehydes is 1. The predicted molar refractivity (Wildman–Crippen MR) is 183 cm³/mol. The van der Waals surface area contributed by atoms with Crippen LogP contribution in [0.5, 0.6) is 11.5 Å². The molecule has 0 fully saturated rings. The standard InChI is InChI=1S/C15H21NO.C15H22O2.C2H5NO2.2C2H4O2.Na/c2*1-14(2,3)11-7-10(9-16)13(17)12(8-11)15(4,5)6;1-2-3(4)5;2*1-2(3)4;/h7-8,17H,1-6H3;7-9,17H,1-6H3;2H2,1H3;2*1H3,(H,3,4);/q;;;;;+1/p-1. The number of carboxylic acids is 2. The third kappa shape index (κ3) is 21.4. The molecule has 0 aliphatic heterocycles. The molecular weight excluding hydrogens is 627 g/mol. The Labute approximate surface area is 308 Å². The molecule has 2 aromatic rings. The van der Waals surface area contributed by atoms with Crippen LogP contribution in [0.15, 0.2) is 24.3 Å². The Balaban J connectivity index is -0.000000292. The Morgan fingerprint density at radius 1 is 0.792 bits per heavy atom. The van der Waals surface area contributed by atoms with Crippen molar-refractivity contribution in [1.82, 2.24) is 0 Å². The number of hydrogen-bond donors (Lipinski definition) is 3. The summed E-state index contributed by atoms with van der Waals surface area (Å²) in [5.41, 5.74) is 4.14. The van der Waals surface area contributed by atoms with Gasteiger partial charge in [-0.15, -0.1) is 0 Å². The number of phenols is 2. The van der Waals surface area contributed by atoms with Gasteiger partial charge >= 0.3 is 29.6 Å². The Morgan fingerprint density at radius 3 is 1.31 bits per heavy atom. The number of rotatable bonds is 2. The van der Waals surface area contributed by atoms with Gasteiger partial charge in [0, 0.05) is 35.9 Å². The molecule has 0 saturated heterocycles. The molecule has 11 nitrogen and oxygen atoms in total. The summed E-state index contributed by atoms with van der Waals surface area (Å²) in [5.74, 6) is -1.69. The summed E-state index contributed by atoms with van der Waals surface area (Å²) in [6, 6.07) is 9.64. The zero-order chi connectivity index (χ0) is 38.3. The van der Waals surface area contributed by atoms with Crippen LogP contribution in [-0.4, -0.2) is 45.0 Å². The zero-order valence-corrected chi connectivity index (χ0v) is 33.8. The van der Waals surface area contributed by atoms with E-state index in [1.165, 1.54) is 6.92 Å². The summed E-state index contributed by atoms with van der Waals surface area (Å²) in [5, 5.41) is 54.7. The van der Waals surface area contributed by atoms with Gasteiger partial charge in [0.25, 0.3) is 5.97 Å². The number of aliphatic carboxylic acids is 2. The second kappa shape index (κ2) is 21.5. The Bertz CT molecular complexity index is 1380. The number of carbonyl (C=O) groups is 3. The van der Waals surface area contributed by atoms with E-state index in [9.17, 15) is 25.1 Å². The fourth-order valence-corrected chi connectivity index (χ4v) is 3.48. The molecule has 3 N–H and O–H groups in total. The van der Waals surface area contributed by atoms with E-state index in [0.29, 0.717) is 11.1 Å². The van der Waals surface area contributed by atoms with Gasteiger partial charge in [-0.25, -0.2) is 0 Å². The number of carbonyl (C=O) groups excluding carboxylic acids is 2. The molecular formula is C36H55N2NaO9. The Hall–Kier alpha value is -3.46. The van der Waals surface area contributed by atoms with Crippen molar-refractivity contribution in [2.75, 3.05) is 6.54 Å². The second-order valence-electron chi connectivity index (χ2n) is 14.8. The fourth-order valence-electron chi connectivity index (χ4n) is 3.48. The molecule has 0 aliphatic rings.